The second kappa shape index (κ2) is 6.03. The number of nitrogens with zero attached hydrogens (tertiary/aromatic N) is 1. The van der Waals surface area contributed by atoms with Gasteiger partial charge in [0, 0.05) is 18.8 Å². The van der Waals surface area contributed by atoms with Gasteiger partial charge in [0.05, 0.1) is 0 Å². The number of aliphatic carboxylic acids is 1. The van der Waals surface area contributed by atoms with Crippen molar-refractivity contribution >= 4 is 17.7 Å². The van der Waals surface area contributed by atoms with Gasteiger partial charge in [-0.2, -0.15) is 0 Å². The van der Waals surface area contributed by atoms with E-state index >= 15 is 0 Å². The summed E-state index contributed by atoms with van der Waals surface area (Å²) in [5, 5.41) is 21.6. The number of hydrogen-bond acceptors (Lipinski definition) is 3. The predicted molar refractivity (Wildman–Crippen MR) is 78.5 cm³/mol. The molecule has 0 heterocycles. The third-order valence-corrected chi connectivity index (χ3v) is 3.98. The lowest BCUT2D eigenvalue weighted by Crippen LogP contribution is -2.58. The largest absolute Gasteiger partial charge is 0.508 e. The zero-order valence-corrected chi connectivity index (χ0v) is 12.0. The van der Waals surface area contributed by atoms with Crippen LogP contribution in [0.3, 0.4) is 0 Å². The first-order valence-electron chi connectivity index (χ1n) is 7.03. The minimum Gasteiger partial charge on any atom is -0.508 e. The molecule has 0 aromatic heterocycles. The van der Waals surface area contributed by atoms with Gasteiger partial charge in [0.15, 0.2) is 0 Å². The van der Waals surface area contributed by atoms with E-state index in [1.807, 2.05) is 0 Å². The number of carboxylic acids is 1. The molecule has 1 aliphatic rings. The molecule has 1 aromatic carbocycles. The Balaban J connectivity index is 2.13. The van der Waals surface area contributed by atoms with Crippen LogP contribution in [-0.2, 0) is 4.79 Å². The zero-order valence-electron chi connectivity index (χ0n) is 12.0. The lowest BCUT2D eigenvalue weighted by Gasteiger charge is -2.35. The van der Waals surface area contributed by atoms with Crippen LogP contribution in [0.25, 0.3) is 0 Å². The molecule has 3 N–H and O–H groups in total. The second-order valence-electron chi connectivity index (χ2n) is 5.46. The van der Waals surface area contributed by atoms with Gasteiger partial charge in [0.1, 0.15) is 11.3 Å². The van der Waals surface area contributed by atoms with Gasteiger partial charge in [-0.1, -0.05) is 25.3 Å². The number of anilines is 1. The Morgan fingerprint density at radius 2 is 1.90 bits per heavy atom. The number of amides is 2. The van der Waals surface area contributed by atoms with E-state index in [1.54, 1.807) is 19.2 Å². The molecule has 0 radical (unpaired) electrons. The molecule has 0 unspecified atom stereocenters. The Bertz CT molecular complexity index is 538. The molecule has 0 saturated heterocycles. The topological polar surface area (TPSA) is 89.9 Å². The number of nitrogens with one attached hydrogen (secondary N) is 1. The Morgan fingerprint density at radius 3 is 2.48 bits per heavy atom. The lowest BCUT2D eigenvalue weighted by molar-refractivity contribution is -0.145. The van der Waals surface area contributed by atoms with Gasteiger partial charge < -0.3 is 15.5 Å². The summed E-state index contributed by atoms with van der Waals surface area (Å²) in [5.41, 5.74) is -0.677. The molecular weight excluding hydrogens is 272 g/mol. The molecule has 0 bridgehead atoms. The van der Waals surface area contributed by atoms with Crippen molar-refractivity contribution in [3.63, 3.8) is 0 Å². The van der Waals surface area contributed by atoms with Crippen LogP contribution in [0.4, 0.5) is 10.5 Å². The van der Waals surface area contributed by atoms with Crippen LogP contribution < -0.4 is 10.2 Å². The summed E-state index contributed by atoms with van der Waals surface area (Å²) in [5.74, 6) is -0.933. The van der Waals surface area contributed by atoms with Gasteiger partial charge >= 0.3 is 12.0 Å². The number of aromatic hydroxyl groups is 1. The van der Waals surface area contributed by atoms with E-state index in [0.29, 0.717) is 18.5 Å². The number of phenolic OH excluding ortho intramolecular Hbond substituents is 1. The van der Waals surface area contributed by atoms with E-state index in [9.17, 15) is 19.8 Å². The molecule has 1 aliphatic carbocycles. The minimum atomic E-state index is -1.18. The number of benzene rings is 1. The van der Waals surface area contributed by atoms with E-state index in [4.69, 9.17) is 0 Å². The highest BCUT2D eigenvalue weighted by atomic mass is 16.4. The van der Waals surface area contributed by atoms with E-state index < -0.39 is 17.5 Å². The van der Waals surface area contributed by atoms with Crippen LogP contribution in [0.5, 0.6) is 5.75 Å². The molecule has 0 spiro atoms. The fraction of sp³-hybridized carbons (Fsp3) is 0.467. The average Bonchev–Trinajstić information content (AvgIpc) is 2.47. The van der Waals surface area contributed by atoms with Crippen LogP contribution in [-0.4, -0.2) is 34.8 Å². The number of phenols is 1. The monoisotopic (exact) mass is 292 g/mol. The first-order valence-corrected chi connectivity index (χ1v) is 7.03. The van der Waals surface area contributed by atoms with Crippen LogP contribution in [0.2, 0.25) is 0 Å². The van der Waals surface area contributed by atoms with Crippen molar-refractivity contribution in [2.45, 2.75) is 37.6 Å². The average molecular weight is 292 g/mol. The van der Waals surface area contributed by atoms with E-state index in [0.717, 1.165) is 19.3 Å². The fourth-order valence-corrected chi connectivity index (χ4v) is 2.66. The maximum Gasteiger partial charge on any atom is 0.329 e. The van der Waals surface area contributed by atoms with Crippen molar-refractivity contribution in [2.75, 3.05) is 11.9 Å². The number of rotatable bonds is 3. The number of carboxylic acid groups (broad SMARTS) is 1. The zero-order chi connectivity index (χ0) is 15.5. The molecule has 1 aromatic rings. The van der Waals surface area contributed by atoms with Crippen molar-refractivity contribution in [2.24, 2.45) is 0 Å². The number of carbonyl (C=O) groups is 2. The minimum absolute atomic E-state index is 0.0535. The molecule has 21 heavy (non-hydrogen) atoms. The predicted octanol–water partition coefficient (Wildman–Crippen LogP) is 2.33. The van der Waals surface area contributed by atoms with Crippen LogP contribution in [0.15, 0.2) is 24.3 Å². The van der Waals surface area contributed by atoms with Crippen molar-refractivity contribution in [3.05, 3.63) is 24.3 Å². The van der Waals surface area contributed by atoms with Gasteiger partial charge in [-0.25, -0.2) is 9.59 Å². The van der Waals surface area contributed by atoms with Crippen molar-refractivity contribution in [1.29, 1.82) is 0 Å². The van der Waals surface area contributed by atoms with Crippen LogP contribution in [0.1, 0.15) is 32.1 Å². The molecular formula is C15H20N2O4. The van der Waals surface area contributed by atoms with Crippen molar-refractivity contribution in [1.82, 2.24) is 5.32 Å². The summed E-state index contributed by atoms with van der Waals surface area (Å²) in [6.07, 6.45) is 3.47. The maximum atomic E-state index is 12.3. The quantitative estimate of drug-likeness (QED) is 0.797. The summed E-state index contributed by atoms with van der Waals surface area (Å²) >= 11 is 0. The van der Waals surface area contributed by atoms with Gasteiger partial charge in [-0.05, 0) is 25.0 Å². The van der Waals surface area contributed by atoms with E-state index in [2.05, 4.69) is 5.32 Å². The van der Waals surface area contributed by atoms with Crippen LogP contribution >= 0.6 is 0 Å². The smallest absolute Gasteiger partial charge is 0.329 e. The molecule has 2 rings (SSSR count). The first-order chi connectivity index (χ1) is 9.94. The molecule has 2 amide bonds. The fourth-order valence-electron chi connectivity index (χ4n) is 2.66. The van der Waals surface area contributed by atoms with Gasteiger partial charge in [0.2, 0.25) is 0 Å². The first kappa shape index (κ1) is 15.2. The Morgan fingerprint density at radius 1 is 1.24 bits per heavy atom. The number of hydrogen-bond donors (Lipinski definition) is 3. The second-order valence-corrected chi connectivity index (χ2v) is 5.46. The summed E-state index contributed by atoms with van der Waals surface area (Å²) in [6, 6.07) is 5.78. The van der Waals surface area contributed by atoms with Crippen LogP contribution in [0, 0.1) is 0 Å². The number of carbonyl (C=O) groups excluding carboxylic acids is 1. The van der Waals surface area contributed by atoms with Gasteiger partial charge in [-0.3, -0.25) is 4.90 Å². The Labute approximate surface area is 123 Å². The van der Waals surface area contributed by atoms with Crippen molar-refractivity contribution in [3.8, 4) is 5.75 Å². The molecule has 6 heteroatoms. The molecule has 1 fully saturated rings. The third-order valence-electron chi connectivity index (χ3n) is 3.98. The molecule has 6 nitrogen and oxygen atoms in total. The summed E-state index contributed by atoms with van der Waals surface area (Å²) in [6.45, 7) is 0. The summed E-state index contributed by atoms with van der Waals surface area (Å²) < 4.78 is 0. The standard InChI is InChI=1S/C15H20N2O4/c1-17(11-6-5-7-12(18)10-11)14(21)16-15(13(19)20)8-3-2-4-9-15/h5-7,10,18H,2-4,8-9H2,1H3,(H,16,21)(H,19,20). The molecule has 114 valence electrons. The highest BCUT2D eigenvalue weighted by Gasteiger charge is 2.41. The van der Waals surface area contributed by atoms with Crippen molar-refractivity contribution < 1.29 is 19.8 Å². The summed E-state index contributed by atoms with van der Waals surface area (Å²) in [7, 11) is 1.54. The van der Waals surface area contributed by atoms with E-state index in [-0.39, 0.29) is 5.75 Å². The van der Waals surface area contributed by atoms with Gasteiger partial charge in [0.25, 0.3) is 0 Å². The molecule has 0 atom stereocenters. The Kier molecular flexibility index (Phi) is 4.35. The highest BCUT2D eigenvalue weighted by molar-refractivity contribution is 5.95. The lowest BCUT2D eigenvalue weighted by atomic mass is 9.82. The normalized spacial score (nSPS) is 17.0. The number of urea groups is 1. The molecule has 1 saturated carbocycles. The third kappa shape index (κ3) is 3.26. The Hall–Kier alpha value is -2.24. The maximum absolute atomic E-state index is 12.3. The molecule has 0 aliphatic heterocycles. The summed E-state index contributed by atoms with van der Waals surface area (Å²) in [4.78, 5) is 25.2. The van der Waals surface area contributed by atoms with Gasteiger partial charge in [-0.15, -0.1) is 0 Å². The SMILES string of the molecule is CN(C(=O)NC1(C(=O)O)CCCCC1)c1cccc(O)c1. The highest BCUT2D eigenvalue weighted by Crippen LogP contribution is 2.29. The van der Waals surface area contributed by atoms with E-state index in [1.165, 1.54) is 17.0 Å².